The van der Waals surface area contributed by atoms with Gasteiger partial charge in [0.1, 0.15) is 6.54 Å². The zero-order chi connectivity index (χ0) is 12.4. The third kappa shape index (κ3) is 2.02. The van der Waals surface area contributed by atoms with E-state index in [-0.39, 0.29) is 12.3 Å². The molecule has 0 saturated carbocycles. The zero-order valence-electron chi connectivity index (χ0n) is 9.78. The third-order valence-electron chi connectivity index (χ3n) is 2.94. The number of nitrogens with zero attached hydrogens (tertiary/aromatic N) is 2. The molecule has 2 aromatic carbocycles. The lowest BCUT2D eigenvalue weighted by Gasteiger charge is -2.03. The maximum atomic E-state index is 12.1. The molecule has 0 aliphatic carbocycles. The number of carbonyl (C=O) groups is 1. The van der Waals surface area contributed by atoms with Crippen molar-refractivity contribution in [1.29, 1.82) is 0 Å². The van der Waals surface area contributed by atoms with E-state index in [0.717, 1.165) is 16.3 Å². The second-order valence-corrected chi connectivity index (χ2v) is 4.19. The van der Waals surface area contributed by atoms with Crippen molar-refractivity contribution in [1.82, 2.24) is 9.78 Å². The minimum absolute atomic E-state index is 0.0736. The fraction of sp³-hybridized carbons (Fsp3) is 0.0667. The molecule has 18 heavy (non-hydrogen) atoms. The maximum absolute atomic E-state index is 12.1. The predicted octanol–water partition coefficient (Wildman–Crippen LogP) is 2.92. The number of ketones is 1. The van der Waals surface area contributed by atoms with Gasteiger partial charge in [-0.25, -0.2) is 0 Å². The third-order valence-corrected chi connectivity index (χ3v) is 2.94. The largest absolute Gasteiger partial charge is 0.292 e. The fourth-order valence-electron chi connectivity index (χ4n) is 2.00. The van der Waals surface area contributed by atoms with Crippen LogP contribution in [0.3, 0.4) is 0 Å². The molecule has 0 aliphatic rings. The summed E-state index contributed by atoms with van der Waals surface area (Å²) in [7, 11) is 0. The van der Waals surface area contributed by atoms with Gasteiger partial charge >= 0.3 is 0 Å². The van der Waals surface area contributed by atoms with Gasteiger partial charge in [0.25, 0.3) is 0 Å². The maximum Gasteiger partial charge on any atom is 0.184 e. The summed E-state index contributed by atoms with van der Waals surface area (Å²) < 4.78 is 1.64. The van der Waals surface area contributed by atoms with E-state index >= 15 is 0 Å². The summed E-state index contributed by atoms with van der Waals surface area (Å²) in [5.41, 5.74) is 0.726. The summed E-state index contributed by atoms with van der Waals surface area (Å²) in [6.45, 7) is 0.283. The van der Waals surface area contributed by atoms with Crippen LogP contribution in [0.5, 0.6) is 0 Å². The van der Waals surface area contributed by atoms with Crippen molar-refractivity contribution in [2.45, 2.75) is 6.54 Å². The second-order valence-electron chi connectivity index (χ2n) is 4.19. The van der Waals surface area contributed by atoms with Crippen molar-refractivity contribution in [3.8, 4) is 0 Å². The normalized spacial score (nSPS) is 10.7. The molecule has 0 radical (unpaired) electrons. The van der Waals surface area contributed by atoms with Crippen LogP contribution in [0.2, 0.25) is 0 Å². The van der Waals surface area contributed by atoms with Gasteiger partial charge in [0.2, 0.25) is 0 Å². The summed E-state index contributed by atoms with van der Waals surface area (Å²) in [5, 5.41) is 6.27. The molecule has 0 bridgehead atoms. The molecule has 0 fully saturated rings. The summed E-state index contributed by atoms with van der Waals surface area (Å²) in [6.07, 6.45) is 3.46. The molecule has 0 amide bonds. The first-order chi connectivity index (χ1) is 8.83. The predicted molar refractivity (Wildman–Crippen MR) is 70.5 cm³/mol. The molecule has 0 aliphatic heterocycles. The Kier molecular flexibility index (Phi) is 2.65. The fourth-order valence-corrected chi connectivity index (χ4v) is 2.00. The molecule has 0 spiro atoms. The molecule has 3 heteroatoms. The highest BCUT2D eigenvalue weighted by molar-refractivity contribution is 5.99. The summed E-state index contributed by atoms with van der Waals surface area (Å²) in [4.78, 5) is 12.1. The number of benzene rings is 2. The molecular weight excluding hydrogens is 224 g/mol. The first-order valence-corrected chi connectivity index (χ1v) is 5.82. The van der Waals surface area contributed by atoms with Gasteiger partial charge in [0.15, 0.2) is 5.78 Å². The van der Waals surface area contributed by atoms with Crippen LogP contribution in [0.4, 0.5) is 0 Å². The van der Waals surface area contributed by atoms with E-state index in [1.807, 2.05) is 48.5 Å². The summed E-state index contributed by atoms with van der Waals surface area (Å²) in [6, 6.07) is 15.6. The van der Waals surface area contributed by atoms with Gasteiger partial charge in [-0.3, -0.25) is 9.48 Å². The van der Waals surface area contributed by atoms with E-state index < -0.39 is 0 Å². The minimum Gasteiger partial charge on any atom is -0.292 e. The molecule has 0 atom stereocenters. The highest BCUT2D eigenvalue weighted by Gasteiger charge is 2.07. The van der Waals surface area contributed by atoms with Gasteiger partial charge in [-0.2, -0.15) is 5.10 Å². The van der Waals surface area contributed by atoms with Gasteiger partial charge < -0.3 is 0 Å². The monoisotopic (exact) mass is 236 g/mol. The van der Waals surface area contributed by atoms with Crippen molar-refractivity contribution >= 4 is 16.6 Å². The smallest absolute Gasteiger partial charge is 0.184 e. The first-order valence-electron chi connectivity index (χ1n) is 5.82. The van der Waals surface area contributed by atoms with Gasteiger partial charge in [-0.05, 0) is 22.9 Å². The van der Waals surface area contributed by atoms with Crippen LogP contribution in [-0.4, -0.2) is 15.6 Å². The Morgan fingerprint density at radius 2 is 1.89 bits per heavy atom. The number of hydrogen-bond donors (Lipinski definition) is 0. The number of rotatable bonds is 3. The van der Waals surface area contributed by atoms with E-state index in [4.69, 9.17) is 0 Å². The molecule has 1 aromatic heterocycles. The van der Waals surface area contributed by atoms with Crippen LogP contribution < -0.4 is 0 Å². The molecule has 0 N–H and O–H groups in total. The summed E-state index contributed by atoms with van der Waals surface area (Å²) >= 11 is 0. The quantitative estimate of drug-likeness (QED) is 0.655. The molecule has 0 saturated heterocycles. The van der Waals surface area contributed by atoms with Crippen LogP contribution in [-0.2, 0) is 6.54 Å². The standard InChI is InChI=1S/C15H12N2O/c18-15(11-17-9-3-8-16-17)14-7-6-12-4-1-2-5-13(12)10-14/h1-10H,11H2. The van der Waals surface area contributed by atoms with Crippen molar-refractivity contribution in [2.75, 3.05) is 0 Å². The number of Topliss-reactive ketones (excluding diaryl/α,β-unsaturated/α-hetero) is 1. The molecule has 0 unspecified atom stereocenters. The van der Waals surface area contributed by atoms with Crippen molar-refractivity contribution in [2.24, 2.45) is 0 Å². The Morgan fingerprint density at radius 3 is 2.67 bits per heavy atom. The zero-order valence-corrected chi connectivity index (χ0v) is 9.78. The number of hydrogen-bond acceptors (Lipinski definition) is 2. The van der Waals surface area contributed by atoms with E-state index in [0.29, 0.717) is 0 Å². The molecular formula is C15H12N2O. The molecule has 3 aromatic rings. The summed E-state index contributed by atoms with van der Waals surface area (Å²) in [5.74, 6) is 0.0736. The van der Waals surface area contributed by atoms with Gasteiger partial charge in [0.05, 0.1) is 0 Å². The Morgan fingerprint density at radius 1 is 1.06 bits per heavy atom. The number of fused-ring (bicyclic) bond motifs is 1. The molecule has 88 valence electrons. The van der Waals surface area contributed by atoms with Gasteiger partial charge in [-0.15, -0.1) is 0 Å². The Labute approximate surface area is 105 Å². The number of aromatic nitrogens is 2. The highest BCUT2D eigenvalue weighted by atomic mass is 16.1. The SMILES string of the molecule is O=C(Cn1cccn1)c1ccc2ccccc2c1. The number of carbonyl (C=O) groups excluding carboxylic acids is 1. The van der Waals surface area contributed by atoms with E-state index in [1.165, 1.54) is 0 Å². The average Bonchev–Trinajstić information content (AvgIpc) is 2.91. The molecule has 3 rings (SSSR count). The highest BCUT2D eigenvalue weighted by Crippen LogP contribution is 2.16. The van der Waals surface area contributed by atoms with Gasteiger partial charge in [0, 0.05) is 18.0 Å². The average molecular weight is 236 g/mol. The Bertz CT molecular complexity index is 687. The van der Waals surface area contributed by atoms with Crippen LogP contribution >= 0.6 is 0 Å². The topological polar surface area (TPSA) is 34.9 Å². The first kappa shape index (κ1) is 10.7. The van der Waals surface area contributed by atoms with Crippen LogP contribution in [0.15, 0.2) is 60.9 Å². The molecule has 1 heterocycles. The van der Waals surface area contributed by atoms with Crippen molar-refractivity contribution in [3.05, 3.63) is 66.5 Å². The second kappa shape index (κ2) is 4.45. The minimum atomic E-state index is 0.0736. The van der Waals surface area contributed by atoms with Crippen molar-refractivity contribution < 1.29 is 4.79 Å². The Hall–Kier alpha value is -2.42. The lowest BCUT2D eigenvalue weighted by Crippen LogP contribution is -2.10. The lowest BCUT2D eigenvalue weighted by atomic mass is 10.0. The van der Waals surface area contributed by atoms with Crippen LogP contribution in [0, 0.1) is 0 Å². The van der Waals surface area contributed by atoms with Crippen molar-refractivity contribution in [3.63, 3.8) is 0 Å². The Balaban J connectivity index is 1.92. The van der Waals surface area contributed by atoms with Crippen LogP contribution in [0.25, 0.3) is 10.8 Å². The lowest BCUT2D eigenvalue weighted by molar-refractivity contribution is 0.0968. The van der Waals surface area contributed by atoms with Gasteiger partial charge in [-0.1, -0.05) is 36.4 Å². The van der Waals surface area contributed by atoms with E-state index in [2.05, 4.69) is 5.10 Å². The van der Waals surface area contributed by atoms with E-state index in [9.17, 15) is 4.79 Å². The molecule has 3 nitrogen and oxygen atoms in total. The van der Waals surface area contributed by atoms with Crippen LogP contribution in [0.1, 0.15) is 10.4 Å². The van der Waals surface area contributed by atoms with E-state index in [1.54, 1.807) is 17.1 Å².